The standard InChI is InChI=1S/C22H24N2O/c25-22(19-11-12-20-21(14-19)24-15-23-20)8-4-5-16-9-10-18(13-16)17-6-2-1-3-7-17/h1-3,6-7,11-12,14-16,18H,4-5,8-10,13H2,(H,23,24)/t16-,18?/m0/s1. The Bertz CT molecular complexity index is 853. The van der Waals surface area contributed by atoms with Crippen LogP contribution in [0, 0.1) is 5.92 Å². The molecule has 1 unspecified atom stereocenters. The van der Waals surface area contributed by atoms with Gasteiger partial charge in [-0.15, -0.1) is 0 Å². The number of nitrogens with one attached hydrogen (secondary N) is 1. The Morgan fingerprint density at radius 2 is 2.00 bits per heavy atom. The van der Waals surface area contributed by atoms with Gasteiger partial charge in [-0.3, -0.25) is 4.79 Å². The van der Waals surface area contributed by atoms with Gasteiger partial charge in [-0.05, 0) is 67.7 Å². The second kappa shape index (κ2) is 7.22. The van der Waals surface area contributed by atoms with E-state index in [0.717, 1.165) is 28.9 Å². The molecule has 1 fully saturated rings. The fourth-order valence-corrected chi connectivity index (χ4v) is 4.17. The number of carbonyl (C=O) groups excluding carboxylic acids is 1. The van der Waals surface area contributed by atoms with Crippen LogP contribution in [0.1, 0.15) is 60.4 Å². The lowest BCUT2D eigenvalue weighted by atomic mass is 9.94. The first-order chi connectivity index (χ1) is 12.3. The summed E-state index contributed by atoms with van der Waals surface area (Å²) in [6.07, 6.45) is 8.33. The van der Waals surface area contributed by atoms with Crippen molar-refractivity contribution in [2.24, 2.45) is 5.92 Å². The van der Waals surface area contributed by atoms with Crippen LogP contribution < -0.4 is 0 Å². The maximum absolute atomic E-state index is 12.4. The Kier molecular flexibility index (Phi) is 4.64. The molecule has 0 spiro atoms. The van der Waals surface area contributed by atoms with Crippen LogP contribution in [0.25, 0.3) is 11.0 Å². The van der Waals surface area contributed by atoms with Gasteiger partial charge >= 0.3 is 0 Å². The summed E-state index contributed by atoms with van der Waals surface area (Å²) in [5.41, 5.74) is 4.11. The highest BCUT2D eigenvalue weighted by Crippen LogP contribution is 2.40. The second-order valence-electron chi connectivity index (χ2n) is 7.24. The first-order valence-electron chi connectivity index (χ1n) is 9.31. The van der Waals surface area contributed by atoms with E-state index < -0.39 is 0 Å². The maximum Gasteiger partial charge on any atom is 0.162 e. The van der Waals surface area contributed by atoms with E-state index in [1.165, 1.54) is 31.2 Å². The molecule has 1 aliphatic rings. The smallest absolute Gasteiger partial charge is 0.162 e. The van der Waals surface area contributed by atoms with E-state index in [1.54, 1.807) is 6.33 Å². The lowest BCUT2D eigenvalue weighted by Crippen LogP contribution is -2.02. The van der Waals surface area contributed by atoms with Gasteiger partial charge in [0.25, 0.3) is 0 Å². The molecule has 1 aliphatic carbocycles. The quantitative estimate of drug-likeness (QED) is 0.606. The van der Waals surface area contributed by atoms with Crippen molar-refractivity contribution in [1.29, 1.82) is 0 Å². The van der Waals surface area contributed by atoms with Crippen LogP contribution in [0.5, 0.6) is 0 Å². The van der Waals surface area contributed by atoms with Crippen molar-refractivity contribution >= 4 is 16.8 Å². The number of aromatic nitrogens is 2. The van der Waals surface area contributed by atoms with Gasteiger partial charge in [-0.2, -0.15) is 0 Å². The van der Waals surface area contributed by atoms with Crippen molar-refractivity contribution in [2.45, 2.75) is 44.4 Å². The normalized spacial score (nSPS) is 20.2. The van der Waals surface area contributed by atoms with Crippen LogP contribution in [0.4, 0.5) is 0 Å². The van der Waals surface area contributed by atoms with E-state index in [4.69, 9.17) is 0 Å². The fraction of sp³-hybridized carbons (Fsp3) is 0.364. The number of benzene rings is 2. The number of ketones is 1. The van der Waals surface area contributed by atoms with Crippen molar-refractivity contribution in [3.05, 3.63) is 66.0 Å². The Morgan fingerprint density at radius 3 is 2.88 bits per heavy atom. The molecular weight excluding hydrogens is 308 g/mol. The number of rotatable bonds is 6. The van der Waals surface area contributed by atoms with Gasteiger partial charge in [0.05, 0.1) is 17.4 Å². The van der Waals surface area contributed by atoms with Crippen LogP contribution in [-0.2, 0) is 0 Å². The Morgan fingerprint density at radius 1 is 1.12 bits per heavy atom. The molecule has 4 rings (SSSR count). The molecule has 2 aromatic carbocycles. The molecule has 0 saturated heterocycles. The summed E-state index contributed by atoms with van der Waals surface area (Å²) >= 11 is 0. The molecule has 0 amide bonds. The van der Waals surface area contributed by atoms with E-state index in [0.29, 0.717) is 12.3 Å². The van der Waals surface area contributed by atoms with Crippen molar-refractivity contribution in [2.75, 3.05) is 0 Å². The molecule has 1 aromatic heterocycles. The molecule has 3 aromatic rings. The highest BCUT2D eigenvalue weighted by molar-refractivity contribution is 5.98. The monoisotopic (exact) mass is 332 g/mol. The zero-order valence-corrected chi connectivity index (χ0v) is 14.4. The molecule has 0 aliphatic heterocycles. The summed E-state index contributed by atoms with van der Waals surface area (Å²) in [4.78, 5) is 19.7. The predicted molar refractivity (Wildman–Crippen MR) is 101 cm³/mol. The zero-order chi connectivity index (χ0) is 17.1. The number of Topliss-reactive ketones (excluding diaryl/α,β-unsaturated/α-hetero) is 1. The third-order valence-corrected chi connectivity index (χ3v) is 5.57. The number of hydrogen-bond acceptors (Lipinski definition) is 2. The lowest BCUT2D eigenvalue weighted by molar-refractivity contribution is 0.0978. The minimum atomic E-state index is 0.238. The molecule has 3 nitrogen and oxygen atoms in total. The summed E-state index contributed by atoms with van der Waals surface area (Å²) in [5, 5.41) is 0. The fourth-order valence-electron chi connectivity index (χ4n) is 4.17. The summed E-state index contributed by atoms with van der Waals surface area (Å²) < 4.78 is 0. The minimum Gasteiger partial charge on any atom is -0.345 e. The van der Waals surface area contributed by atoms with Crippen LogP contribution in [0.2, 0.25) is 0 Å². The Labute approximate surface area is 148 Å². The van der Waals surface area contributed by atoms with Crippen molar-refractivity contribution in [3.8, 4) is 0 Å². The molecule has 3 heteroatoms. The number of hydrogen-bond donors (Lipinski definition) is 1. The number of imidazole rings is 1. The van der Waals surface area contributed by atoms with E-state index >= 15 is 0 Å². The molecular formula is C22H24N2O. The number of aromatic amines is 1. The average molecular weight is 332 g/mol. The molecule has 1 saturated carbocycles. The number of nitrogens with zero attached hydrogens (tertiary/aromatic N) is 1. The van der Waals surface area contributed by atoms with Gasteiger partial charge in [-0.1, -0.05) is 30.3 Å². The van der Waals surface area contributed by atoms with Gasteiger partial charge in [0, 0.05) is 12.0 Å². The van der Waals surface area contributed by atoms with Crippen molar-refractivity contribution < 1.29 is 4.79 Å². The summed E-state index contributed by atoms with van der Waals surface area (Å²) in [6, 6.07) is 16.6. The molecule has 128 valence electrons. The molecule has 1 N–H and O–H groups in total. The van der Waals surface area contributed by atoms with Crippen LogP contribution >= 0.6 is 0 Å². The van der Waals surface area contributed by atoms with Gasteiger partial charge in [-0.25, -0.2) is 4.98 Å². The largest absolute Gasteiger partial charge is 0.345 e. The number of fused-ring (bicyclic) bond motifs is 1. The summed E-state index contributed by atoms with van der Waals surface area (Å²) in [5.74, 6) is 1.72. The van der Waals surface area contributed by atoms with Crippen LogP contribution in [0.3, 0.4) is 0 Å². The first-order valence-corrected chi connectivity index (χ1v) is 9.31. The SMILES string of the molecule is O=C(CCC[C@H]1CCC(c2ccccc2)C1)c1ccc2[nH]cnc2c1. The summed E-state index contributed by atoms with van der Waals surface area (Å²) in [7, 11) is 0. The van der Waals surface area contributed by atoms with Gasteiger partial charge in [0.2, 0.25) is 0 Å². The topological polar surface area (TPSA) is 45.8 Å². The molecule has 0 bridgehead atoms. The van der Waals surface area contributed by atoms with E-state index in [-0.39, 0.29) is 5.78 Å². The molecule has 25 heavy (non-hydrogen) atoms. The highest BCUT2D eigenvalue weighted by Gasteiger charge is 2.25. The average Bonchev–Trinajstić information content (AvgIpc) is 3.31. The maximum atomic E-state index is 12.4. The second-order valence-corrected chi connectivity index (χ2v) is 7.24. The highest BCUT2D eigenvalue weighted by atomic mass is 16.1. The molecule has 0 radical (unpaired) electrons. The number of carbonyl (C=O) groups is 1. The minimum absolute atomic E-state index is 0.238. The molecule has 2 atom stereocenters. The van der Waals surface area contributed by atoms with Crippen LogP contribution in [-0.4, -0.2) is 15.8 Å². The van der Waals surface area contributed by atoms with E-state index in [1.807, 2.05) is 18.2 Å². The van der Waals surface area contributed by atoms with Gasteiger partial charge < -0.3 is 4.98 Å². The zero-order valence-electron chi connectivity index (χ0n) is 14.4. The van der Waals surface area contributed by atoms with Crippen molar-refractivity contribution in [1.82, 2.24) is 9.97 Å². The van der Waals surface area contributed by atoms with Crippen LogP contribution in [0.15, 0.2) is 54.9 Å². The third-order valence-electron chi connectivity index (χ3n) is 5.57. The number of H-pyrrole nitrogens is 1. The van der Waals surface area contributed by atoms with E-state index in [2.05, 4.69) is 40.3 Å². The Hall–Kier alpha value is -2.42. The predicted octanol–water partition coefficient (Wildman–Crippen LogP) is 5.50. The lowest BCUT2D eigenvalue weighted by Gasteiger charge is -2.11. The van der Waals surface area contributed by atoms with Crippen molar-refractivity contribution in [3.63, 3.8) is 0 Å². The summed E-state index contributed by atoms with van der Waals surface area (Å²) in [6.45, 7) is 0. The van der Waals surface area contributed by atoms with E-state index in [9.17, 15) is 4.79 Å². The first kappa shape index (κ1) is 16.1. The van der Waals surface area contributed by atoms with Gasteiger partial charge in [0.1, 0.15) is 0 Å². The third kappa shape index (κ3) is 3.65. The Balaban J connectivity index is 1.27. The van der Waals surface area contributed by atoms with Gasteiger partial charge in [0.15, 0.2) is 5.78 Å². The molecule has 1 heterocycles.